The molecule has 10 nitrogen and oxygen atoms in total. The van der Waals surface area contributed by atoms with Crippen LogP contribution in [-0.4, -0.2) is 79.2 Å². The molecule has 2 aliphatic rings. The van der Waals surface area contributed by atoms with Crippen LogP contribution in [0, 0.1) is 0 Å². The van der Waals surface area contributed by atoms with E-state index in [1.807, 2.05) is 6.07 Å². The molecule has 0 unspecified atom stereocenters. The summed E-state index contributed by atoms with van der Waals surface area (Å²) in [4.78, 5) is 37.5. The Hall–Kier alpha value is -3.37. The molecule has 2 aliphatic heterocycles. The molecule has 2 saturated heterocycles. The molecule has 0 spiro atoms. The summed E-state index contributed by atoms with van der Waals surface area (Å²) >= 11 is 5.99. The molecule has 0 radical (unpaired) electrons. The monoisotopic (exact) mass is 486 g/mol. The van der Waals surface area contributed by atoms with E-state index in [0.717, 1.165) is 12.1 Å². The van der Waals surface area contributed by atoms with E-state index in [2.05, 4.69) is 32.1 Å². The Morgan fingerprint density at radius 3 is 2.82 bits per heavy atom. The Labute approximate surface area is 202 Å². The van der Waals surface area contributed by atoms with Gasteiger partial charge in [-0.15, -0.1) is 0 Å². The lowest BCUT2D eigenvalue weighted by molar-refractivity contribution is -0.111. The summed E-state index contributed by atoms with van der Waals surface area (Å²) < 4.78 is 10.6. The maximum absolute atomic E-state index is 13.3. The molecular weight excluding hydrogens is 460 g/mol. The Morgan fingerprint density at radius 1 is 1.29 bits per heavy atom. The maximum Gasteiger partial charge on any atom is 0.254 e. The van der Waals surface area contributed by atoms with E-state index in [1.165, 1.54) is 19.4 Å². The number of nitrogens with one attached hydrogen (secondary N) is 2. The second-order valence-electron chi connectivity index (χ2n) is 7.96. The summed E-state index contributed by atoms with van der Waals surface area (Å²) in [6.45, 7) is 7.15. The first-order valence-electron chi connectivity index (χ1n) is 11.0. The first-order chi connectivity index (χ1) is 16.5. The standard InChI is InChI=1S/C23H27ClN6O4/c1-3-20(31)27-18-5-4-15(12-19(18)29-8-10-34-11-9-29)22(32)30-7-6-16(14-30)26-23-25-13-17(24)21(28-23)33-2/h3-5,12-13,16H,1,6-11,14H2,2H3,(H,27,31)(H,25,26,28)/t16-/m0/s1. The van der Waals surface area contributed by atoms with E-state index in [-0.39, 0.29) is 17.9 Å². The fourth-order valence-corrected chi connectivity index (χ4v) is 4.18. The van der Waals surface area contributed by atoms with E-state index in [0.29, 0.717) is 67.5 Å². The van der Waals surface area contributed by atoms with E-state index in [1.54, 1.807) is 17.0 Å². The topological polar surface area (TPSA) is 109 Å². The largest absolute Gasteiger partial charge is 0.480 e. The van der Waals surface area contributed by atoms with Gasteiger partial charge in [-0.3, -0.25) is 9.59 Å². The lowest BCUT2D eigenvalue weighted by atomic mass is 10.1. The Balaban J connectivity index is 1.47. The number of amides is 2. The highest BCUT2D eigenvalue weighted by molar-refractivity contribution is 6.31. The molecular formula is C23H27ClN6O4. The average Bonchev–Trinajstić information content (AvgIpc) is 3.33. The van der Waals surface area contributed by atoms with Gasteiger partial charge in [0.05, 0.1) is 37.9 Å². The fourth-order valence-electron chi connectivity index (χ4n) is 4.01. The zero-order chi connectivity index (χ0) is 24.1. The number of halogens is 1. The van der Waals surface area contributed by atoms with Gasteiger partial charge in [0, 0.05) is 37.8 Å². The molecule has 2 N–H and O–H groups in total. The summed E-state index contributed by atoms with van der Waals surface area (Å²) in [7, 11) is 1.49. The van der Waals surface area contributed by atoms with Crippen LogP contribution in [0.25, 0.3) is 0 Å². The minimum atomic E-state index is -0.303. The van der Waals surface area contributed by atoms with Gasteiger partial charge in [-0.05, 0) is 30.7 Å². The molecule has 4 rings (SSSR count). The van der Waals surface area contributed by atoms with Gasteiger partial charge in [0.15, 0.2) is 0 Å². The number of hydrogen-bond acceptors (Lipinski definition) is 8. The van der Waals surface area contributed by atoms with Crippen molar-refractivity contribution < 1.29 is 19.1 Å². The molecule has 0 saturated carbocycles. The first kappa shape index (κ1) is 23.8. The highest BCUT2D eigenvalue weighted by atomic mass is 35.5. The third kappa shape index (κ3) is 5.40. The Morgan fingerprint density at radius 2 is 2.09 bits per heavy atom. The molecule has 0 bridgehead atoms. The highest BCUT2D eigenvalue weighted by Crippen LogP contribution is 2.30. The van der Waals surface area contributed by atoms with Crippen molar-refractivity contribution in [2.75, 3.05) is 62.0 Å². The summed E-state index contributed by atoms with van der Waals surface area (Å²) in [5.74, 6) is 0.319. The van der Waals surface area contributed by atoms with Crippen molar-refractivity contribution in [1.82, 2.24) is 14.9 Å². The molecule has 2 aromatic rings. The minimum absolute atomic E-state index is 0.000280. The molecule has 11 heteroatoms. The number of anilines is 3. The maximum atomic E-state index is 13.3. The number of hydrogen-bond donors (Lipinski definition) is 2. The van der Waals surface area contributed by atoms with Crippen LogP contribution in [-0.2, 0) is 9.53 Å². The van der Waals surface area contributed by atoms with Gasteiger partial charge >= 0.3 is 0 Å². The second-order valence-corrected chi connectivity index (χ2v) is 8.36. The zero-order valence-corrected chi connectivity index (χ0v) is 19.7. The summed E-state index contributed by atoms with van der Waals surface area (Å²) in [6, 6.07) is 5.33. The van der Waals surface area contributed by atoms with E-state index in [4.69, 9.17) is 21.1 Å². The summed E-state index contributed by atoms with van der Waals surface area (Å²) in [5, 5.41) is 6.41. The summed E-state index contributed by atoms with van der Waals surface area (Å²) in [6.07, 6.45) is 3.46. The van der Waals surface area contributed by atoms with Gasteiger partial charge in [-0.25, -0.2) is 4.98 Å². The van der Waals surface area contributed by atoms with Crippen molar-refractivity contribution in [1.29, 1.82) is 0 Å². The third-order valence-corrected chi connectivity index (χ3v) is 6.01. The number of carbonyl (C=O) groups excluding carboxylic acids is 2. The Kier molecular flexibility index (Phi) is 7.49. The molecule has 180 valence electrons. The molecule has 1 aromatic heterocycles. The number of aromatic nitrogens is 2. The van der Waals surface area contributed by atoms with Gasteiger partial charge in [0.1, 0.15) is 5.02 Å². The highest BCUT2D eigenvalue weighted by Gasteiger charge is 2.28. The Bertz CT molecular complexity index is 1080. The van der Waals surface area contributed by atoms with Gasteiger partial charge in [0.2, 0.25) is 17.7 Å². The molecule has 1 atom stereocenters. The number of benzene rings is 1. The zero-order valence-electron chi connectivity index (χ0n) is 18.9. The molecule has 2 amide bonds. The average molecular weight is 487 g/mol. The number of ether oxygens (including phenoxy) is 2. The van der Waals surface area contributed by atoms with Crippen LogP contribution >= 0.6 is 11.6 Å². The lowest BCUT2D eigenvalue weighted by Crippen LogP contribution is -2.37. The predicted molar refractivity (Wildman–Crippen MR) is 130 cm³/mol. The van der Waals surface area contributed by atoms with Crippen molar-refractivity contribution in [3.05, 3.63) is 47.6 Å². The van der Waals surface area contributed by atoms with Crippen LogP contribution in [0.1, 0.15) is 16.8 Å². The summed E-state index contributed by atoms with van der Waals surface area (Å²) in [5.41, 5.74) is 1.99. The third-order valence-electron chi connectivity index (χ3n) is 5.75. The number of rotatable bonds is 7. The molecule has 3 heterocycles. The van der Waals surface area contributed by atoms with Crippen molar-refractivity contribution in [3.63, 3.8) is 0 Å². The SMILES string of the molecule is C=CC(=O)Nc1ccc(C(=O)N2CC[C@H](Nc3ncc(Cl)c(OC)n3)C2)cc1N1CCOCC1. The number of carbonyl (C=O) groups is 2. The van der Waals surface area contributed by atoms with Gasteiger partial charge < -0.3 is 29.9 Å². The van der Waals surface area contributed by atoms with Crippen LogP contribution in [0.5, 0.6) is 5.88 Å². The fraction of sp³-hybridized carbons (Fsp3) is 0.391. The number of nitrogens with zero attached hydrogens (tertiary/aromatic N) is 4. The second kappa shape index (κ2) is 10.7. The molecule has 1 aromatic carbocycles. The van der Waals surface area contributed by atoms with Crippen LogP contribution in [0.3, 0.4) is 0 Å². The smallest absolute Gasteiger partial charge is 0.254 e. The van der Waals surface area contributed by atoms with Crippen molar-refractivity contribution in [2.24, 2.45) is 0 Å². The van der Waals surface area contributed by atoms with Crippen LogP contribution in [0.15, 0.2) is 37.1 Å². The van der Waals surface area contributed by atoms with E-state index in [9.17, 15) is 9.59 Å². The quantitative estimate of drug-likeness (QED) is 0.574. The molecule has 34 heavy (non-hydrogen) atoms. The van der Waals surface area contributed by atoms with Crippen molar-refractivity contribution in [2.45, 2.75) is 12.5 Å². The molecule has 0 aliphatic carbocycles. The van der Waals surface area contributed by atoms with Crippen molar-refractivity contribution in [3.8, 4) is 5.88 Å². The van der Waals surface area contributed by atoms with Gasteiger partial charge in [-0.1, -0.05) is 18.2 Å². The predicted octanol–water partition coefficient (Wildman–Crippen LogP) is 2.43. The lowest BCUT2D eigenvalue weighted by Gasteiger charge is -2.31. The molecule has 2 fully saturated rings. The van der Waals surface area contributed by atoms with Crippen LogP contribution < -0.4 is 20.3 Å². The van der Waals surface area contributed by atoms with E-state index >= 15 is 0 Å². The number of likely N-dealkylation sites (tertiary alicyclic amines) is 1. The van der Waals surface area contributed by atoms with E-state index < -0.39 is 0 Å². The van der Waals surface area contributed by atoms with Crippen LogP contribution in [0.2, 0.25) is 5.02 Å². The van der Waals surface area contributed by atoms with Gasteiger partial charge in [0.25, 0.3) is 5.91 Å². The van der Waals surface area contributed by atoms with Gasteiger partial charge in [-0.2, -0.15) is 4.98 Å². The minimum Gasteiger partial charge on any atom is -0.480 e. The normalized spacial score (nSPS) is 17.9. The number of morpholine rings is 1. The van der Waals surface area contributed by atoms with Crippen molar-refractivity contribution >= 4 is 40.7 Å². The first-order valence-corrected chi connectivity index (χ1v) is 11.4. The number of methoxy groups -OCH3 is 1. The van der Waals surface area contributed by atoms with Crippen LogP contribution in [0.4, 0.5) is 17.3 Å².